The molecule has 0 unspecified atom stereocenters. The maximum atomic E-state index is 11.9. The molecule has 84 valence electrons. The van der Waals surface area contributed by atoms with E-state index >= 15 is 0 Å². The first-order chi connectivity index (χ1) is 7.46. The molecule has 0 aliphatic rings. The van der Waals surface area contributed by atoms with Gasteiger partial charge in [0.15, 0.2) is 0 Å². The van der Waals surface area contributed by atoms with Gasteiger partial charge in [-0.15, -0.1) is 0 Å². The summed E-state index contributed by atoms with van der Waals surface area (Å²) in [5.41, 5.74) is 1.26. The number of fused-ring (bicyclic) bond motifs is 1. The maximum absolute atomic E-state index is 11.9. The molecule has 0 aliphatic heterocycles. The third-order valence-corrected chi connectivity index (χ3v) is 2.14. The van der Waals surface area contributed by atoms with E-state index in [1.807, 2.05) is 37.4 Å². The molecule has 0 saturated heterocycles. The number of rotatable bonds is 1. The number of carbonyl (C=O) groups excluding carboxylic acids is 1. The molecule has 2 heterocycles. The molecule has 0 saturated carbocycles. The van der Waals surface area contributed by atoms with Crippen molar-refractivity contribution in [2.45, 2.75) is 26.3 Å². The van der Waals surface area contributed by atoms with Gasteiger partial charge in [0, 0.05) is 24.1 Å². The number of amides is 1. The highest BCUT2D eigenvalue weighted by molar-refractivity contribution is 5.94. The standard InChI is InChI=1S/C12H15N3O/c1-12(2,3)14-11(16)9-4-5-10-13-6-7-15(10)8-9/h4-8H,1-3H3,(H,14,16). The molecule has 0 radical (unpaired) electrons. The Hall–Kier alpha value is -1.84. The number of nitrogens with one attached hydrogen (secondary N) is 1. The largest absolute Gasteiger partial charge is 0.347 e. The molecule has 1 amide bonds. The molecule has 0 atom stereocenters. The Labute approximate surface area is 94.3 Å². The quantitative estimate of drug-likeness (QED) is 0.792. The molecule has 16 heavy (non-hydrogen) atoms. The zero-order chi connectivity index (χ0) is 11.8. The van der Waals surface area contributed by atoms with Crippen LogP contribution in [0.1, 0.15) is 31.1 Å². The Kier molecular flexibility index (Phi) is 2.42. The van der Waals surface area contributed by atoms with Gasteiger partial charge in [0.05, 0.1) is 5.56 Å². The zero-order valence-corrected chi connectivity index (χ0v) is 9.69. The maximum Gasteiger partial charge on any atom is 0.253 e. The average Bonchev–Trinajstić information content (AvgIpc) is 2.61. The Morgan fingerprint density at radius 1 is 1.38 bits per heavy atom. The van der Waals surface area contributed by atoms with Crippen molar-refractivity contribution in [1.82, 2.24) is 14.7 Å². The van der Waals surface area contributed by atoms with Crippen molar-refractivity contribution in [2.75, 3.05) is 0 Å². The molecule has 4 nitrogen and oxygen atoms in total. The van der Waals surface area contributed by atoms with Gasteiger partial charge >= 0.3 is 0 Å². The molecule has 2 rings (SSSR count). The molecule has 1 N–H and O–H groups in total. The summed E-state index contributed by atoms with van der Waals surface area (Å²) < 4.78 is 1.83. The van der Waals surface area contributed by atoms with Gasteiger partial charge in [-0.05, 0) is 32.9 Å². The van der Waals surface area contributed by atoms with Gasteiger partial charge < -0.3 is 9.72 Å². The van der Waals surface area contributed by atoms with Gasteiger partial charge in [0.1, 0.15) is 5.65 Å². The number of imidazole rings is 1. The topological polar surface area (TPSA) is 46.4 Å². The van der Waals surface area contributed by atoms with Crippen LogP contribution < -0.4 is 5.32 Å². The molecule has 0 fully saturated rings. The van der Waals surface area contributed by atoms with E-state index in [1.165, 1.54) is 0 Å². The van der Waals surface area contributed by atoms with Crippen LogP contribution in [-0.4, -0.2) is 20.8 Å². The van der Waals surface area contributed by atoms with Gasteiger partial charge in [0.2, 0.25) is 0 Å². The Morgan fingerprint density at radius 3 is 2.81 bits per heavy atom. The van der Waals surface area contributed by atoms with Crippen molar-refractivity contribution < 1.29 is 4.79 Å². The summed E-state index contributed by atoms with van der Waals surface area (Å²) in [7, 11) is 0. The van der Waals surface area contributed by atoms with E-state index in [4.69, 9.17) is 0 Å². The summed E-state index contributed by atoms with van der Waals surface area (Å²) in [6.45, 7) is 5.88. The lowest BCUT2D eigenvalue weighted by atomic mass is 10.1. The highest BCUT2D eigenvalue weighted by atomic mass is 16.1. The number of hydrogen-bond acceptors (Lipinski definition) is 2. The second kappa shape index (κ2) is 3.63. The smallest absolute Gasteiger partial charge is 0.253 e. The van der Waals surface area contributed by atoms with E-state index in [1.54, 1.807) is 18.5 Å². The van der Waals surface area contributed by atoms with Crippen LogP contribution in [0, 0.1) is 0 Å². The van der Waals surface area contributed by atoms with Crippen LogP contribution in [-0.2, 0) is 0 Å². The molecule has 2 aromatic rings. The van der Waals surface area contributed by atoms with Crippen LogP contribution in [0.15, 0.2) is 30.7 Å². The second-order valence-electron chi connectivity index (χ2n) is 4.81. The van der Waals surface area contributed by atoms with Crippen LogP contribution in [0.3, 0.4) is 0 Å². The van der Waals surface area contributed by atoms with Crippen LogP contribution in [0.4, 0.5) is 0 Å². The van der Waals surface area contributed by atoms with Crippen molar-refractivity contribution in [3.8, 4) is 0 Å². The summed E-state index contributed by atoms with van der Waals surface area (Å²) in [6, 6.07) is 3.61. The summed E-state index contributed by atoms with van der Waals surface area (Å²) in [4.78, 5) is 16.0. The minimum Gasteiger partial charge on any atom is -0.347 e. The van der Waals surface area contributed by atoms with E-state index < -0.39 is 0 Å². The molecular formula is C12H15N3O. The molecule has 0 spiro atoms. The normalized spacial score (nSPS) is 11.7. The fourth-order valence-electron chi connectivity index (χ4n) is 1.47. The second-order valence-corrected chi connectivity index (χ2v) is 4.81. The first kappa shape index (κ1) is 10.7. The van der Waals surface area contributed by atoms with E-state index in [0.29, 0.717) is 5.56 Å². The predicted octanol–water partition coefficient (Wildman–Crippen LogP) is 1.86. The summed E-state index contributed by atoms with van der Waals surface area (Å²) in [6.07, 6.45) is 5.31. The minimum absolute atomic E-state index is 0.0666. The van der Waals surface area contributed by atoms with Crippen molar-refractivity contribution in [3.63, 3.8) is 0 Å². The van der Waals surface area contributed by atoms with Crippen molar-refractivity contribution >= 4 is 11.6 Å². The fourth-order valence-corrected chi connectivity index (χ4v) is 1.47. The summed E-state index contributed by atoms with van der Waals surface area (Å²) in [5.74, 6) is -0.0666. The van der Waals surface area contributed by atoms with E-state index in [0.717, 1.165) is 5.65 Å². The number of carbonyl (C=O) groups is 1. The third-order valence-electron chi connectivity index (χ3n) is 2.14. The van der Waals surface area contributed by atoms with E-state index in [2.05, 4.69) is 10.3 Å². The lowest BCUT2D eigenvalue weighted by molar-refractivity contribution is 0.0919. The number of hydrogen-bond donors (Lipinski definition) is 1. The van der Waals surface area contributed by atoms with Crippen LogP contribution >= 0.6 is 0 Å². The van der Waals surface area contributed by atoms with E-state index in [9.17, 15) is 4.79 Å². The Morgan fingerprint density at radius 2 is 2.12 bits per heavy atom. The van der Waals surface area contributed by atoms with E-state index in [-0.39, 0.29) is 11.4 Å². The molecule has 0 aliphatic carbocycles. The first-order valence-corrected chi connectivity index (χ1v) is 5.21. The minimum atomic E-state index is -0.221. The Balaban J connectivity index is 2.29. The van der Waals surface area contributed by atoms with Gasteiger partial charge in [-0.2, -0.15) is 0 Å². The summed E-state index contributed by atoms with van der Waals surface area (Å²) >= 11 is 0. The third kappa shape index (κ3) is 2.21. The summed E-state index contributed by atoms with van der Waals surface area (Å²) in [5, 5.41) is 2.92. The zero-order valence-electron chi connectivity index (χ0n) is 9.69. The molecule has 2 aromatic heterocycles. The van der Waals surface area contributed by atoms with Crippen LogP contribution in [0.25, 0.3) is 5.65 Å². The van der Waals surface area contributed by atoms with Crippen molar-refractivity contribution in [1.29, 1.82) is 0 Å². The van der Waals surface area contributed by atoms with Gasteiger partial charge in [-0.25, -0.2) is 4.98 Å². The molecule has 0 aromatic carbocycles. The molecule has 4 heteroatoms. The monoisotopic (exact) mass is 217 g/mol. The highest BCUT2D eigenvalue weighted by Gasteiger charge is 2.15. The molecular weight excluding hydrogens is 202 g/mol. The average molecular weight is 217 g/mol. The number of nitrogens with zero attached hydrogens (tertiary/aromatic N) is 2. The van der Waals surface area contributed by atoms with Gasteiger partial charge in [-0.1, -0.05) is 0 Å². The van der Waals surface area contributed by atoms with Crippen LogP contribution in [0.2, 0.25) is 0 Å². The number of aromatic nitrogens is 2. The van der Waals surface area contributed by atoms with Crippen molar-refractivity contribution in [3.05, 3.63) is 36.3 Å². The fraction of sp³-hybridized carbons (Fsp3) is 0.333. The van der Waals surface area contributed by atoms with Gasteiger partial charge in [0.25, 0.3) is 5.91 Å². The number of pyridine rings is 1. The van der Waals surface area contributed by atoms with Crippen LogP contribution in [0.5, 0.6) is 0 Å². The lowest BCUT2D eigenvalue weighted by Gasteiger charge is -2.20. The van der Waals surface area contributed by atoms with Crippen molar-refractivity contribution in [2.24, 2.45) is 0 Å². The lowest BCUT2D eigenvalue weighted by Crippen LogP contribution is -2.40. The highest BCUT2D eigenvalue weighted by Crippen LogP contribution is 2.07. The Bertz CT molecular complexity index is 522. The first-order valence-electron chi connectivity index (χ1n) is 5.21. The van der Waals surface area contributed by atoms with Gasteiger partial charge in [-0.3, -0.25) is 4.79 Å². The SMILES string of the molecule is CC(C)(C)NC(=O)c1ccc2nccn2c1. The predicted molar refractivity (Wildman–Crippen MR) is 62.4 cm³/mol. The molecule has 0 bridgehead atoms.